The number of ether oxygens (including phenoxy) is 1. The molecule has 0 N–H and O–H groups in total. The molecule has 0 radical (unpaired) electrons. The quantitative estimate of drug-likeness (QED) is 0.544. The lowest BCUT2D eigenvalue weighted by molar-refractivity contribution is 0.0139. The molecule has 2 heteroatoms. The van der Waals surface area contributed by atoms with E-state index >= 15 is 0 Å². The van der Waals surface area contributed by atoms with Crippen LogP contribution in [0.3, 0.4) is 0 Å². The minimum atomic E-state index is -1.23. The lowest BCUT2D eigenvalue weighted by Crippen LogP contribution is -2.21. The highest BCUT2D eigenvalue weighted by Gasteiger charge is 2.14. The van der Waals surface area contributed by atoms with E-state index in [9.17, 15) is 0 Å². The van der Waals surface area contributed by atoms with Crippen molar-refractivity contribution in [3.63, 3.8) is 0 Å². The van der Waals surface area contributed by atoms with Crippen molar-refractivity contribution in [3.05, 3.63) is 0 Å². The fourth-order valence-corrected chi connectivity index (χ4v) is 0.910. The van der Waals surface area contributed by atoms with Gasteiger partial charge in [0.1, 0.15) is 0 Å². The molecule has 0 bridgehead atoms. The van der Waals surface area contributed by atoms with Gasteiger partial charge in [0, 0.05) is 9.85 Å². The van der Waals surface area contributed by atoms with Crippen molar-refractivity contribution in [1.29, 1.82) is 0 Å². The van der Waals surface area contributed by atoms with Crippen LogP contribution in [0.1, 0.15) is 35.8 Å². The molecular formula is C8H17IO. The van der Waals surface area contributed by atoms with Crippen LogP contribution >= 0.6 is 22.6 Å². The lowest BCUT2D eigenvalue weighted by Gasteiger charge is -2.22. The van der Waals surface area contributed by atoms with Crippen molar-refractivity contribution >= 4 is 22.6 Å². The third kappa shape index (κ3) is 5.47. The van der Waals surface area contributed by atoms with Crippen molar-refractivity contribution in [1.82, 2.24) is 0 Å². The summed E-state index contributed by atoms with van der Waals surface area (Å²) in [6, 6.07) is 0. The second-order valence-electron chi connectivity index (χ2n) is 2.68. The number of hydrogen-bond donors (Lipinski definition) is 0. The van der Waals surface area contributed by atoms with E-state index in [4.69, 9.17) is 7.48 Å². The van der Waals surface area contributed by atoms with E-state index in [0.717, 1.165) is 10.8 Å². The molecule has 0 heterocycles. The minimum absolute atomic E-state index is 0.566. The van der Waals surface area contributed by atoms with Gasteiger partial charge in [-0.15, -0.1) is 0 Å². The van der Waals surface area contributed by atoms with Crippen molar-refractivity contribution in [3.8, 4) is 0 Å². The highest BCUT2D eigenvalue weighted by atomic mass is 127. The van der Waals surface area contributed by atoms with Gasteiger partial charge in [0.2, 0.25) is 0 Å². The summed E-state index contributed by atoms with van der Waals surface area (Å²) in [5, 5.41) is 0. The molecule has 10 heavy (non-hydrogen) atoms. The molecule has 0 aliphatic heterocycles. The van der Waals surface area contributed by atoms with Crippen LogP contribution in [0.5, 0.6) is 0 Å². The van der Waals surface area contributed by atoms with E-state index in [-0.39, 0.29) is 0 Å². The van der Waals surface area contributed by atoms with E-state index in [1.54, 1.807) is 21.0 Å². The molecule has 0 aliphatic carbocycles. The summed E-state index contributed by atoms with van der Waals surface area (Å²) in [6.45, 7) is 3.58. The number of halogens is 1. The van der Waals surface area contributed by atoms with Crippen LogP contribution in [0.4, 0.5) is 0 Å². The van der Waals surface area contributed by atoms with Gasteiger partial charge in [-0.1, -0.05) is 22.6 Å². The number of methoxy groups -OCH3 is 1. The van der Waals surface area contributed by atoms with Crippen molar-refractivity contribution in [2.45, 2.75) is 38.7 Å². The van der Waals surface area contributed by atoms with E-state index in [1.165, 1.54) is 0 Å². The largest absolute Gasteiger partial charge is 0.379 e. The van der Waals surface area contributed by atoms with Crippen molar-refractivity contribution in [2.75, 3.05) is 11.5 Å². The first-order valence-corrected chi connectivity index (χ1v) is 5.01. The predicted molar refractivity (Wildman–Crippen MR) is 53.8 cm³/mol. The SMILES string of the molecule is [2H]C([2H])(CCCI)C(C)(C)OC. The molecular weight excluding hydrogens is 239 g/mol. The molecule has 0 amide bonds. The lowest BCUT2D eigenvalue weighted by atomic mass is 10.0. The van der Waals surface area contributed by atoms with Crippen LogP contribution in [-0.4, -0.2) is 17.1 Å². The van der Waals surface area contributed by atoms with Crippen LogP contribution in [0.25, 0.3) is 0 Å². The van der Waals surface area contributed by atoms with Crippen LogP contribution in [-0.2, 0) is 4.74 Å². The third-order valence-corrected chi connectivity index (χ3v) is 2.13. The predicted octanol–water partition coefficient (Wildman–Crippen LogP) is 3.02. The average Bonchev–Trinajstić information content (AvgIpc) is 2.00. The Bertz CT molecular complexity index is 137. The molecule has 0 aromatic rings. The smallest absolute Gasteiger partial charge is 0.0622 e. The molecule has 0 saturated heterocycles. The molecule has 62 valence electrons. The first-order valence-electron chi connectivity index (χ1n) is 4.48. The van der Waals surface area contributed by atoms with Gasteiger partial charge in [0.15, 0.2) is 0 Å². The summed E-state index contributed by atoms with van der Waals surface area (Å²) < 4.78 is 21.7. The zero-order valence-electron chi connectivity index (χ0n) is 8.91. The Labute approximate surface area is 80.5 Å². The molecule has 0 rings (SSSR count). The standard InChI is InChI=1S/C8H17IO/c1-8(2,10-3)6-4-5-7-9/h4-7H2,1-3H3/i6D2. The number of rotatable bonds is 5. The molecule has 0 atom stereocenters. The van der Waals surface area contributed by atoms with Gasteiger partial charge in [-0.05, 0) is 37.5 Å². The monoisotopic (exact) mass is 258 g/mol. The Morgan fingerprint density at radius 2 is 2.10 bits per heavy atom. The Morgan fingerprint density at radius 3 is 2.50 bits per heavy atom. The van der Waals surface area contributed by atoms with Gasteiger partial charge in [0.25, 0.3) is 0 Å². The first kappa shape index (κ1) is 7.35. The van der Waals surface area contributed by atoms with Gasteiger partial charge < -0.3 is 4.74 Å². The maximum absolute atomic E-state index is 7.77. The summed E-state index contributed by atoms with van der Waals surface area (Å²) in [7, 11) is 1.56. The summed E-state index contributed by atoms with van der Waals surface area (Å²) >= 11 is 2.26. The Kier molecular flexibility index (Phi) is 3.93. The molecule has 0 aromatic heterocycles. The molecule has 0 spiro atoms. The minimum Gasteiger partial charge on any atom is -0.379 e. The fourth-order valence-electron chi connectivity index (χ4n) is 0.528. The second kappa shape index (κ2) is 5.35. The van der Waals surface area contributed by atoms with E-state index < -0.39 is 12.0 Å². The Morgan fingerprint density at radius 1 is 1.50 bits per heavy atom. The number of hydrogen-bond acceptors (Lipinski definition) is 1. The normalized spacial score (nSPS) is 16.4. The molecule has 0 aliphatic rings. The van der Waals surface area contributed by atoms with E-state index in [2.05, 4.69) is 22.6 Å². The summed E-state index contributed by atoms with van der Waals surface area (Å²) in [6.07, 6.45) is 0.240. The molecule has 1 nitrogen and oxygen atoms in total. The van der Waals surface area contributed by atoms with Gasteiger partial charge in [-0.25, -0.2) is 0 Å². The molecule has 0 unspecified atom stereocenters. The van der Waals surface area contributed by atoms with Crippen molar-refractivity contribution < 1.29 is 7.48 Å². The second-order valence-corrected chi connectivity index (χ2v) is 3.76. The van der Waals surface area contributed by atoms with Gasteiger partial charge in [0.05, 0.1) is 5.60 Å². The highest BCUT2D eigenvalue weighted by molar-refractivity contribution is 14.1. The maximum Gasteiger partial charge on any atom is 0.0622 e. The van der Waals surface area contributed by atoms with Crippen LogP contribution in [0, 0.1) is 0 Å². The average molecular weight is 258 g/mol. The summed E-state index contributed by atoms with van der Waals surface area (Å²) in [5.41, 5.74) is -0.682. The first-order chi connectivity index (χ1) is 5.37. The summed E-state index contributed by atoms with van der Waals surface area (Å²) in [4.78, 5) is 0. The molecule has 0 aromatic carbocycles. The zero-order chi connectivity index (χ0) is 9.83. The highest BCUT2D eigenvalue weighted by Crippen LogP contribution is 2.16. The van der Waals surface area contributed by atoms with Crippen LogP contribution in [0.2, 0.25) is 0 Å². The van der Waals surface area contributed by atoms with Gasteiger partial charge in [-0.3, -0.25) is 0 Å². The van der Waals surface area contributed by atoms with Crippen LogP contribution < -0.4 is 0 Å². The Hall–Kier alpha value is 0.690. The van der Waals surface area contributed by atoms with Gasteiger partial charge >= 0.3 is 0 Å². The van der Waals surface area contributed by atoms with E-state index in [1.807, 2.05) is 0 Å². The third-order valence-electron chi connectivity index (χ3n) is 1.37. The fraction of sp³-hybridized carbons (Fsp3) is 1.00. The molecule has 0 saturated carbocycles. The summed E-state index contributed by atoms with van der Waals surface area (Å²) in [5.74, 6) is 0. The molecule has 0 fully saturated rings. The van der Waals surface area contributed by atoms with E-state index in [0.29, 0.717) is 6.42 Å². The topological polar surface area (TPSA) is 9.23 Å². The van der Waals surface area contributed by atoms with Gasteiger partial charge in [-0.2, -0.15) is 0 Å². The van der Waals surface area contributed by atoms with Crippen molar-refractivity contribution in [2.24, 2.45) is 0 Å². The Balaban J connectivity index is 4.17. The maximum atomic E-state index is 7.77. The van der Waals surface area contributed by atoms with Crippen LogP contribution in [0.15, 0.2) is 0 Å². The number of alkyl halides is 1. The zero-order valence-corrected chi connectivity index (χ0v) is 9.07.